The fraction of sp³-hybridized carbons (Fsp3) is 0.812. The van der Waals surface area contributed by atoms with Gasteiger partial charge in [-0.3, -0.25) is 0 Å². The van der Waals surface area contributed by atoms with Gasteiger partial charge < -0.3 is 4.74 Å². The molecule has 0 unspecified atom stereocenters. The maximum Gasteiger partial charge on any atom is 0.334 e. The largest absolute Gasteiger partial charge is 0.457 e. The molecule has 2 heteroatoms. The standard InChI is InChI=1S/C16H30O2/c1-11(13(17)18-16(8,9)10)12(14(2,3)4)15(5,6)7/h1-10H3. The van der Waals surface area contributed by atoms with Crippen LogP contribution in [0.1, 0.15) is 69.2 Å². The molecule has 0 aromatic carbocycles. The van der Waals surface area contributed by atoms with Crippen molar-refractivity contribution in [2.45, 2.75) is 74.8 Å². The molecule has 106 valence electrons. The van der Waals surface area contributed by atoms with E-state index < -0.39 is 5.60 Å². The quantitative estimate of drug-likeness (QED) is 0.499. The Morgan fingerprint density at radius 3 is 1.33 bits per heavy atom. The molecule has 0 aliphatic heterocycles. The minimum atomic E-state index is -0.445. The highest BCUT2D eigenvalue weighted by molar-refractivity contribution is 5.89. The first-order valence-electron chi connectivity index (χ1n) is 6.61. The molecule has 0 aromatic heterocycles. The zero-order valence-corrected chi connectivity index (χ0v) is 13.8. The van der Waals surface area contributed by atoms with E-state index in [-0.39, 0.29) is 16.8 Å². The average molecular weight is 254 g/mol. The van der Waals surface area contributed by atoms with E-state index in [0.29, 0.717) is 0 Å². The molecule has 0 atom stereocenters. The Balaban J connectivity index is 5.58. The number of hydrogen-bond donors (Lipinski definition) is 0. The molecule has 0 aromatic rings. The lowest BCUT2D eigenvalue weighted by atomic mass is 9.70. The maximum absolute atomic E-state index is 12.2. The fourth-order valence-electron chi connectivity index (χ4n) is 2.71. The lowest BCUT2D eigenvalue weighted by Gasteiger charge is -2.36. The summed E-state index contributed by atoms with van der Waals surface area (Å²) < 4.78 is 5.47. The second-order valence-electron chi connectivity index (χ2n) is 8.00. The molecule has 0 saturated carbocycles. The van der Waals surface area contributed by atoms with Crippen molar-refractivity contribution in [3.8, 4) is 0 Å². The normalized spacial score (nSPS) is 13.2. The Morgan fingerprint density at radius 1 is 0.778 bits per heavy atom. The van der Waals surface area contributed by atoms with E-state index >= 15 is 0 Å². The lowest BCUT2D eigenvalue weighted by molar-refractivity contribution is -0.150. The Labute approximate surface area is 113 Å². The van der Waals surface area contributed by atoms with Gasteiger partial charge in [0.15, 0.2) is 0 Å². The summed E-state index contributed by atoms with van der Waals surface area (Å²) in [7, 11) is 0. The third-order valence-electron chi connectivity index (χ3n) is 2.58. The van der Waals surface area contributed by atoms with Crippen LogP contribution in [-0.4, -0.2) is 11.6 Å². The highest BCUT2D eigenvalue weighted by Crippen LogP contribution is 2.41. The third kappa shape index (κ3) is 5.24. The first-order valence-corrected chi connectivity index (χ1v) is 6.61. The van der Waals surface area contributed by atoms with E-state index in [0.717, 1.165) is 11.1 Å². The molecule has 0 aliphatic carbocycles. The zero-order chi connectivity index (χ0) is 14.9. The van der Waals surface area contributed by atoms with Crippen LogP contribution in [0, 0.1) is 10.8 Å². The van der Waals surface area contributed by atoms with Crippen molar-refractivity contribution >= 4 is 5.97 Å². The van der Waals surface area contributed by atoms with Crippen LogP contribution in [0.15, 0.2) is 11.1 Å². The number of esters is 1. The molecule has 0 amide bonds. The Bertz CT molecular complexity index is 325. The maximum atomic E-state index is 12.2. The second kappa shape index (κ2) is 5.07. The molecule has 0 spiro atoms. The van der Waals surface area contributed by atoms with Gasteiger partial charge in [0.1, 0.15) is 5.60 Å². The molecule has 0 N–H and O–H groups in total. The van der Waals surface area contributed by atoms with Gasteiger partial charge in [0.05, 0.1) is 0 Å². The fourth-order valence-corrected chi connectivity index (χ4v) is 2.71. The molecule has 0 heterocycles. The number of rotatable bonds is 1. The van der Waals surface area contributed by atoms with Gasteiger partial charge in [-0.25, -0.2) is 4.79 Å². The van der Waals surface area contributed by atoms with E-state index in [1.165, 1.54) is 0 Å². The molecule has 0 rings (SSSR count). The van der Waals surface area contributed by atoms with Gasteiger partial charge in [-0.2, -0.15) is 0 Å². The molecular weight excluding hydrogens is 224 g/mol. The summed E-state index contributed by atoms with van der Waals surface area (Å²) >= 11 is 0. The van der Waals surface area contributed by atoms with Crippen LogP contribution in [-0.2, 0) is 9.53 Å². The SMILES string of the molecule is CC(C(=O)OC(C)(C)C)=C(C(C)(C)C)C(C)(C)C. The summed E-state index contributed by atoms with van der Waals surface area (Å²) in [5.74, 6) is -0.206. The van der Waals surface area contributed by atoms with Crippen LogP contribution in [0.3, 0.4) is 0 Å². The van der Waals surface area contributed by atoms with E-state index in [2.05, 4.69) is 41.5 Å². The average Bonchev–Trinajstić information content (AvgIpc) is 1.93. The van der Waals surface area contributed by atoms with Gasteiger partial charge in [0.25, 0.3) is 0 Å². The molecule has 0 aliphatic rings. The third-order valence-corrected chi connectivity index (χ3v) is 2.58. The predicted molar refractivity (Wildman–Crippen MR) is 77.5 cm³/mol. The molecule has 0 fully saturated rings. The van der Waals surface area contributed by atoms with Gasteiger partial charge in [-0.15, -0.1) is 0 Å². The van der Waals surface area contributed by atoms with Crippen molar-refractivity contribution in [2.75, 3.05) is 0 Å². The van der Waals surface area contributed by atoms with Crippen LogP contribution < -0.4 is 0 Å². The Hall–Kier alpha value is -0.790. The minimum absolute atomic E-state index is 0.0424. The first kappa shape index (κ1) is 17.2. The number of hydrogen-bond acceptors (Lipinski definition) is 2. The summed E-state index contributed by atoms with van der Waals surface area (Å²) in [6.45, 7) is 20.4. The summed E-state index contributed by atoms with van der Waals surface area (Å²) in [5, 5.41) is 0. The Kier molecular flexibility index (Phi) is 4.84. The van der Waals surface area contributed by atoms with Crippen molar-refractivity contribution in [3.63, 3.8) is 0 Å². The van der Waals surface area contributed by atoms with Crippen LogP contribution >= 0.6 is 0 Å². The molecule has 0 radical (unpaired) electrons. The molecule has 0 bridgehead atoms. The van der Waals surface area contributed by atoms with Crippen LogP contribution in [0.5, 0.6) is 0 Å². The van der Waals surface area contributed by atoms with Gasteiger partial charge in [0, 0.05) is 5.57 Å². The predicted octanol–water partition coefficient (Wildman–Crippen LogP) is 4.74. The van der Waals surface area contributed by atoms with E-state index in [4.69, 9.17) is 4.74 Å². The first-order chi connectivity index (χ1) is 7.66. The summed E-state index contributed by atoms with van der Waals surface area (Å²) in [6.07, 6.45) is 0. The highest BCUT2D eigenvalue weighted by atomic mass is 16.6. The van der Waals surface area contributed by atoms with E-state index in [9.17, 15) is 4.79 Å². The number of carbonyl (C=O) groups excluding carboxylic acids is 1. The van der Waals surface area contributed by atoms with Crippen LogP contribution in [0.2, 0.25) is 0 Å². The number of allylic oxidation sites excluding steroid dienone is 1. The Morgan fingerprint density at radius 2 is 1.11 bits per heavy atom. The van der Waals surface area contributed by atoms with Crippen molar-refractivity contribution in [1.82, 2.24) is 0 Å². The van der Waals surface area contributed by atoms with Gasteiger partial charge in [0.2, 0.25) is 0 Å². The minimum Gasteiger partial charge on any atom is -0.457 e. The van der Waals surface area contributed by atoms with Gasteiger partial charge in [-0.05, 0) is 44.1 Å². The molecule has 2 nitrogen and oxygen atoms in total. The second-order valence-corrected chi connectivity index (χ2v) is 8.00. The highest BCUT2D eigenvalue weighted by Gasteiger charge is 2.33. The number of ether oxygens (including phenoxy) is 1. The summed E-state index contributed by atoms with van der Waals surface area (Å²) in [4.78, 5) is 12.2. The molecule has 18 heavy (non-hydrogen) atoms. The van der Waals surface area contributed by atoms with Crippen molar-refractivity contribution < 1.29 is 9.53 Å². The monoisotopic (exact) mass is 254 g/mol. The van der Waals surface area contributed by atoms with Crippen LogP contribution in [0.25, 0.3) is 0 Å². The molecular formula is C16H30O2. The zero-order valence-electron chi connectivity index (χ0n) is 13.8. The lowest BCUT2D eigenvalue weighted by Crippen LogP contribution is -2.30. The summed E-state index contributed by atoms with van der Waals surface area (Å²) in [6, 6.07) is 0. The van der Waals surface area contributed by atoms with Crippen LogP contribution in [0.4, 0.5) is 0 Å². The van der Waals surface area contributed by atoms with E-state index in [1.54, 1.807) is 0 Å². The van der Waals surface area contributed by atoms with Crippen molar-refractivity contribution in [2.24, 2.45) is 10.8 Å². The van der Waals surface area contributed by atoms with Gasteiger partial charge in [-0.1, -0.05) is 41.5 Å². The van der Waals surface area contributed by atoms with Crippen molar-refractivity contribution in [3.05, 3.63) is 11.1 Å². The number of carbonyl (C=O) groups is 1. The molecule has 0 saturated heterocycles. The smallest absolute Gasteiger partial charge is 0.334 e. The summed E-state index contributed by atoms with van der Waals surface area (Å²) in [5.41, 5.74) is 1.37. The topological polar surface area (TPSA) is 26.3 Å². The van der Waals surface area contributed by atoms with E-state index in [1.807, 2.05) is 27.7 Å². The van der Waals surface area contributed by atoms with Crippen molar-refractivity contribution in [1.29, 1.82) is 0 Å². The van der Waals surface area contributed by atoms with Gasteiger partial charge >= 0.3 is 5.97 Å².